The van der Waals surface area contributed by atoms with E-state index < -0.39 is 5.82 Å². The molecule has 0 aromatic heterocycles. The van der Waals surface area contributed by atoms with Crippen LogP contribution in [0.2, 0.25) is 0 Å². The zero-order valence-electron chi connectivity index (χ0n) is 13.3. The Morgan fingerprint density at radius 2 is 1.20 bits per heavy atom. The van der Waals surface area contributed by atoms with E-state index >= 15 is 4.39 Å². The van der Waals surface area contributed by atoms with Gasteiger partial charge < -0.3 is 10.2 Å². The first-order valence-corrected chi connectivity index (χ1v) is 7.95. The lowest BCUT2D eigenvalue weighted by Gasteiger charge is -2.14. The third kappa shape index (κ3) is 2.50. The third-order valence-electron chi connectivity index (χ3n) is 4.35. The van der Waals surface area contributed by atoms with Crippen molar-refractivity contribution in [2.45, 2.75) is 0 Å². The Morgan fingerprint density at radius 3 is 1.88 bits per heavy atom. The Balaban J connectivity index is 2.12. The molecule has 4 rings (SSSR count). The number of halogens is 1. The minimum atomic E-state index is -0.466. The Bertz CT molecular complexity index is 1050. The molecule has 25 heavy (non-hydrogen) atoms. The van der Waals surface area contributed by atoms with E-state index in [-0.39, 0.29) is 22.6 Å². The van der Waals surface area contributed by atoms with Crippen LogP contribution in [-0.2, 0) is 0 Å². The molecule has 0 amide bonds. The van der Waals surface area contributed by atoms with Crippen molar-refractivity contribution in [1.29, 1.82) is 0 Å². The summed E-state index contributed by atoms with van der Waals surface area (Å²) in [6.45, 7) is 0. The van der Waals surface area contributed by atoms with Crippen molar-refractivity contribution >= 4 is 10.8 Å². The first kappa shape index (κ1) is 15.2. The highest BCUT2D eigenvalue weighted by Gasteiger charge is 2.19. The lowest BCUT2D eigenvalue weighted by Crippen LogP contribution is -1.92. The van der Waals surface area contributed by atoms with Gasteiger partial charge in [-0.15, -0.1) is 0 Å². The molecule has 0 aliphatic heterocycles. The maximum atomic E-state index is 15.2. The second-order valence-electron chi connectivity index (χ2n) is 5.87. The van der Waals surface area contributed by atoms with Crippen molar-refractivity contribution < 1.29 is 14.6 Å². The van der Waals surface area contributed by atoms with Gasteiger partial charge in [0.1, 0.15) is 17.3 Å². The fourth-order valence-corrected chi connectivity index (χ4v) is 3.18. The van der Waals surface area contributed by atoms with Crippen LogP contribution in [0.3, 0.4) is 0 Å². The maximum absolute atomic E-state index is 15.2. The zero-order valence-corrected chi connectivity index (χ0v) is 13.3. The van der Waals surface area contributed by atoms with Crippen LogP contribution in [0.5, 0.6) is 11.5 Å². The molecular weight excluding hydrogens is 315 g/mol. The van der Waals surface area contributed by atoms with E-state index in [1.807, 2.05) is 42.5 Å². The lowest BCUT2D eigenvalue weighted by atomic mass is 9.92. The van der Waals surface area contributed by atoms with Gasteiger partial charge in [-0.1, -0.05) is 60.7 Å². The topological polar surface area (TPSA) is 40.5 Å². The van der Waals surface area contributed by atoms with Crippen molar-refractivity contribution in [3.8, 4) is 33.8 Å². The molecule has 0 fully saturated rings. The molecule has 0 heterocycles. The van der Waals surface area contributed by atoms with Gasteiger partial charge in [-0.05, 0) is 34.7 Å². The van der Waals surface area contributed by atoms with Crippen LogP contribution in [0, 0.1) is 5.82 Å². The number of benzene rings is 4. The fourth-order valence-electron chi connectivity index (χ4n) is 3.18. The van der Waals surface area contributed by atoms with Gasteiger partial charge in [-0.25, -0.2) is 4.39 Å². The molecule has 3 heteroatoms. The summed E-state index contributed by atoms with van der Waals surface area (Å²) < 4.78 is 15.2. The van der Waals surface area contributed by atoms with Crippen molar-refractivity contribution in [2.24, 2.45) is 0 Å². The molecule has 0 saturated heterocycles. The molecule has 4 aromatic carbocycles. The summed E-state index contributed by atoms with van der Waals surface area (Å²) in [6, 6.07) is 23.0. The van der Waals surface area contributed by atoms with Crippen molar-refractivity contribution in [3.05, 3.63) is 84.7 Å². The van der Waals surface area contributed by atoms with E-state index in [1.165, 1.54) is 18.2 Å². The molecule has 0 bridgehead atoms. The molecule has 0 radical (unpaired) electrons. The van der Waals surface area contributed by atoms with Crippen LogP contribution in [0.25, 0.3) is 33.0 Å². The Kier molecular flexibility index (Phi) is 3.62. The van der Waals surface area contributed by atoms with Crippen molar-refractivity contribution in [3.63, 3.8) is 0 Å². The number of hydrogen-bond donors (Lipinski definition) is 2. The van der Waals surface area contributed by atoms with Crippen LogP contribution in [0.15, 0.2) is 78.9 Å². The standard InChI is InChI=1S/C22H15FO2/c23-22-16-10-5-4-9-15(16)17(14-7-2-1-3-8-14)13-18(22)21-19(24)11-6-12-20(21)25/h1-13,24-25H. The summed E-state index contributed by atoms with van der Waals surface area (Å²) >= 11 is 0. The summed E-state index contributed by atoms with van der Waals surface area (Å²) in [5.74, 6) is -0.784. The van der Waals surface area contributed by atoms with E-state index in [2.05, 4.69) is 0 Å². The molecule has 4 aromatic rings. The van der Waals surface area contributed by atoms with Crippen LogP contribution in [-0.4, -0.2) is 10.2 Å². The minimum absolute atomic E-state index is 0.0999. The monoisotopic (exact) mass is 330 g/mol. The van der Waals surface area contributed by atoms with Gasteiger partial charge in [0.2, 0.25) is 0 Å². The number of hydrogen-bond acceptors (Lipinski definition) is 2. The summed E-state index contributed by atoms with van der Waals surface area (Å²) in [6.07, 6.45) is 0. The van der Waals surface area contributed by atoms with E-state index in [9.17, 15) is 10.2 Å². The van der Waals surface area contributed by atoms with Crippen LogP contribution >= 0.6 is 0 Å². The molecule has 2 nitrogen and oxygen atoms in total. The first-order valence-electron chi connectivity index (χ1n) is 7.95. The first-order chi connectivity index (χ1) is 12.2. The SMILES string of the molecule is Oc1cccc(O)c1-c1cc(-c2ccccc2)c2ccccc2c1F. The molecule has 0 atom stereocenters. The largest absolute Gasteiger partial charge is 0.507 e. The van der Waals surface area contributed by atoms with E-state index in [4.69, 9.17) is 0 Å². The smallest absolute Gasteiger partial charge is 0.139 e. The Labute approximate surface area is 144 Å². The van der Waals surface area contributed by atoms with Gasteiger partial charge >= 0.3 is 0 Å². The van der Waals surface area contributed by atoms with Crippen LogP contribution < -0.4 is 0 Å². The quantitative estimate of drug-likeness (QED) is 0.493. The number of fused-ring (bicyclic) bond motifs is 1. The van der Waals surface area contributed by atoms with Crippen LogP contribution in [0.4, 0.5) is 4.39 Å². The minimum Gasteiger partial charge on any atom is -0.507 e. The number of phenolic OH excluding ortho intramolecular Hbond substituents is 2. The van der Waals surface area contributed by atoms with Gasteiger partial charge in [0.15, 0.2) is 0 Å². The van der Waals surface area contributed by atoms with Gasteiger partial charge in [0, 0.05) is 10.9 Å². The predicted octanol–water partition coefficient (Wildman–Crippen LogP) is 5.72. The predicted molar refractivity (Wildman–Crippen MR) is 98.1 cm³/mol. The Morgan fingerprint density at radius 1 is 0.600 bits per heavy atom. The van der Waals surface area contributed by atoms with Crippen molar-refractivity contribution in [2.75, 3.05) is 0 Å². The van der Waals surface area contributed by atoms with E-state index in [0.717, 1.165) is 16.5 Å². The second kappa shape index (κ2) is 5.95. The van der Waals surface area contributed by atoms with E-state index in [0.29, 0.717) is 5.39 Å². The average molecular weight is 330 g/mol. The van der Waals surface area contributed by atoms with Crippen molar-refractivity contribution in [1.82, 2.24) is 0 Å². The zero-order chi connectivity index (χ0) is 17.4. The number of rotatable bonds is 2. The number of phenols is 2. The lowest BCUT2D eigenvalue weighted by molar-refractivity contribution is 0.453. The van der Waals surface area contributed by atoms with Gasteiger partial charge in [-0.3, -0.25) is 0 Å². The summed E-state index contributed by atoms with van der Waals surface area (Å²) in [5, 5.41) is 21.6. The molecule has 2 N–H and O–H groups in total. The molecule has 122 valence electrons. The second-order valence-corrected chi connectivity index (χ2v) is 5.87. The molecule has 0 unspecified atom stereocenters. The third-order valence-corrected chi connectivity index (χ3v) is 4.35. The van der Waals surface area contributed by atoms with Crippen LogP contribution in [0.1, 0.15) is 0 Å². The van der Waals surface area contributed by atoms with Gasteiger partial charge in [-0.2, -0.15) is 0 Å². The van der Waals surface area contributed by atoms with Gasteiger partial charge in [0.25, 0.3) is 0 Å². The number of aromatic hydroxyl groups is 2. The Hall–Kier alpha value is -3.33. The molecule has 0 aliphatic rings. The molecule has 0 saturated carbocycles. The average Bonchev–Trinajstić information content (AvgIpc) is 2.64. The normalized spacial score (nSPS) is 10.9. The molecule has 0 aliphatic carbocycles. The highest BCUT2D eigenvalue weighted by atomic mass is 19.1. The van der Waals surface area contributed by atoms with E-state index in [1.54, 1.807) is 18.2 Å². The van der Waals surface area contributed by atoms with Gasteiger partial charge in [0.05, 0.1) is 5.56 Å². The molecular formula is C22H15FO2. The summed E-state index contributed by atoms with van der Waals surface area (Å²) in [5.41, 5.74) is 2.06. The highest BCUT2D eigenvalue weighted by Crippen LogP contribution is 2.43. The maximum Gasteiger partial charge on any atom is 0.139 e. The fraction of sp³-hybridized carbons (Fsp3) is 0. The summed E-state index contributed by atoms with van der Waals surface area (Å²) in [7, 11) is 0. The highest BCUT2D eigenvalue weighted by molar-refractivity contribution is 6.01. The summed E-state index contributed by atoms with van der Waals surface area (Å²) in [4.78, 5) is 0. The molecule has 0 spiro atoms.